The third-order valence-electron chi connectivity index (χ3n) is 3.16. The lowest BCUT2D eigenvalue weighted by Gasteiger charge is -2.22. The van der Waals surface area contributed by atoms with E-state index in [1.54, 1.807) is 50.1 Å². The molecule has 1 amide bonds. The molecule has 6 nitrogen and oxygen atoms in total. The van der Waals surface area contributed by atoms with E-state index in [0.717, 1.165) is 5.75 Å². The molecule has 0 aliphatic rings. The molecule has 0 spiro atoms. The van der Waals surface area contributed by atoms with E-state index in [4.69, 9.17) is 9.47 Å². The summed E-state index contributed by atoms with van der Waals surface area (Å²) in [7, 11) is 1.71. The largest absolute Gasteiger partial charge is 0.494 e. The van der Waals surface area contributed by atoms with Crippen LogP contribution in [0.3, 0.4) is 0 Å². The Hall–Kier alpha value is -2.08. The predicted molar refractivity (Wildman–Crippen MR) is 85.0 cm³/mol. The van der Waals surface area contributed by atoms with Gasteiger partial charge in [-0.15, -0.1) is 0 Å². The molecule has 6 heteroatoms. The van der Waals surface area contributed by atoms with Crippen LogP contribution in [0.1, 0.15) is 20.8 Å². The molecule has 1 N–H and O–H groups in total. The molecular weight excluding hydrogens is 284 g/mol. The van der Waals surface area contributed by atoms with Crippen molar-refractivity contribution < 1.29 is 19.1 Å². The Morgan fingerprint density at radius 3 is 2.36 bits per heavy atom. The Kier molecular flexibility index (Phi) is 7.39. The topological polar surface area (TPSA) is 67.9 Å². The van der Waals surface area contributed by atoms with Crippen molar-refractivity contribution in [1.82, 2.24) is 4.90 Å². The molecule has 0 radical (unpaired) electrons. The number of nitrogens with one attached hydrogen (secondary N) is 1. The van der Waals surface area contributed by atoms with Crippen LogP contribution in [-0.2, 0) is 14.3 Å². The summed E-state index contributed by atoms with van der Waals surface area (Å²) in [6, 6.07) is 6.70. The summed E-state index contributed by atoms with van der Waals surface area (Å²) < 4.78 is 10.2. The van der Waals surface area contributed by atoms with Crippen LogP contribution in [0.25, 0.3) is 0 Å². The number of likely N-dealkylation sites (N-methyl/N-ethyl adjacent to an activating group) is 1. The van der Waals surface area contributed by atoms with Gasteiger partial charge in [-0.2, -0.15) is 0 Å². The molecule has 122 valence electrons. The monoisotopic (exact) mass is 308 g/mol. The molecule has 0 saturated heterocycles. The molecule has 0 heterocycles. The fourth-order valence-electron chi connectivity index (χ4n) is 1.80. The normalized spacial score (nSPS) is 11.9. The Bertz CT molecular complexity index is 487. The van der Waals surface area contributed by atoms with Crippen molar-refractivity contribution in [3.8, 4) is 5.75 Å². The van der Waals surface area contributed by atoms with E-state index in [-0.39, 0.29) is 18.4 Å². The molecule has 1 aromatic rings. The minimum atomic E-state index is -0.448. The van der Waals surface area contributed by atoms with E-state index in [9.17, 15) is 9.59 Å². The number of esters is 1. The summed E-state index contributed by atoms with van der Waals surface area (Å²) in [6.07, 6.45) is 0. The number of hydrogen-bond donors (Lipinski definition) is 1. The summed E-state index contributed by atoms with van der Waals surface area (Å²) in [5.74, 6) is 0.231. The van der Waals surface area contributed by atoms with Gasteiger partial charge in [0.1, 0.15) is 5.75 Å². The first-order valence-electron chi connectivity index (χ1n) is 7.37. The molecular formula is C16H24N2O4. The maximum atomic E-state index is 12.2. The minimum absolute atomic E-state index is 0.0751. The Morgan fingerprint density at radius 2 is 1.82 bits per heavy atom. The van der Waals surface area contributed by atoms with E-state index in [2.05, 4.69) is 5.32 Å². The standard InChI is InChI=1S/C16H24N2O4/c1-5-21-14-9-7-13(8-10-14)17-16(20)12(3)18(4)11-15(19)22-6-2/h7-10,12H,5-6,11H2,1-4H3,(H,17,20). The van der Waals surface area contributed by atoms with Crippen LogP contribution in [-0.4, -0.2) is 49.6 Å². The third kappa shape index (κ3) is 5.73. The van der Waals surface area contributed by atoms with Gasteiger partial charge in [0.15, 0.2) is 0 Å². The van der Waals surface area contributed by atoms with E-state index < -0.39 is 6.04 Å². The van der Waals surface area contributed by atoms with Gasteiger partial charge >= 0.3 is 5.97 Å². The van der Waals surface area contributed by atoms with Gasteiger partial charge in [0.25, 0.3) is 0 Å². The van der Waals surface area contributed by atoms with Crippen LogP contribution < -0.4 is 10.1 Å². The summed E-state index contributed by atoms with van der Waals surface area (Å²) >= 11 is 0. The van der Waals surface area contributed by atoms with Crippen LogP contribution >= 0.6 is 0 Å². The molecule has 1 rings (SSSR count). The first kappa shape index (κ1) is 18.0. The van der Waals surface area contributed by atoms with Gasteiger partial charge in [0.2, 0.25) is 5.91 Å². The van der Waals surface area contributed by atoms with E-state index in [1.165, 1.54) is 0 Å². The number of carbonyl (C=O) groups is 2. The van der Waals surface area contributed by atoms with E-state index in [1.807, 2.05) is 6.92 Å². The van der Waals surface area contributed by atoms with Gasteiger partial charge in [0.05, 0.1) is 25.8 Å². The first-order chi connectivity index (χ1) is 10.5. The predicted octanol–water partition coefficient (Wildman–Crippen LogP) is 1.91. The zero-order valence-electron chi connectivity index (χ0n) is 13.6. The van der Waals surface area contributed by atoms with Crippen molar-refractivity contribution in [2.45, 2.75) is 26.8 Å². The average Bonchev–Trinajstić information content (AvgIpc) is 2.48. The molecule has 0 saturated carbocycles. The second-order valence-electron chi connectivity index (χ2n) is 4.84. The lowest BCUT2D eigenvalue weighted by atomic mass is 10.2. The molecule has 1 aromatic carbocycles. The van der Waals surface area contributed by atoms with Crippen LogP contribution in [0.15, 0.2) is 24.3 Å². The highest BCUT2D eigenvalue weighted by molar-refractivity contribution is 5.94. The second kappa shape index (κ2) is 9.04. The molecule has 0 fully saturated rings. The molecule has 0 aromatic heterocycles. The molecule has 0 aliphatic carbocycles. The Balaban J connectivity index is 2.54. The maximum Gasteiger partial charge on any atom is 0.320 e. The van der Waals surface area contributed by atoms with Crippen molar-refractivity contribution in [2.24, 2.45) is 0 Å². The number of hydrogen-bond acceptors (Lipinski definition) is 5. The van der Waals surface area contributed by atoms with Gasteiger partial charge in [0, 0.05) is 5.69 Å². The van der Waals surface area contributed by atoms with Crippen molar-refractivity contribution in [1.29, 1.82) is 0 Å². The lowest BCUT2D eigenvalue weighted by Crippen LogP contribution is -2.42. The summed E-state index contributed by atoms with van der Waals surface area (Å²) in [6.45, 7) is 6.41. The number of benzene rings is 1. The molecule has 1 atom stereocenters. The fourth-order valence-corrected chi connectivity index (χ4v) is 1.80. The number of carbonyl (C=O) groups excluding carboxylic acids is 2. The molecule has 1 unspecified atom stereocenters. The second-order valence-corrected chi connectivity index (χ2v) is 4.84. The Morgan fingerprint density at radius 1 is 1.18 bits per heavy atom. The average molecular weight is 308 g/mol. The van der Waals surface area contributed by atoms with Crippen LogP contribution in [0, 0.1) is 0 Å². The van der Waals surface area contributed by atoms with Crippen LogP contribution in [0.5, 0.6) is 5.75 Å². The Labute approximate surface area is 131 Å². The molecule has 0 bridgehead atoms. The number of ether oxygens (including phenoxy) is 2. The van der Waals surface area contributed by atoms with Gasteiger partial charge in [-0.05, 0) is 52.1 Å². The van der Waals surface area contributed by atoms with Crippen molar-refractivity contribution in [3.63, 3.8) is 0 Å². The SMILES string of the molecule is CCOC(=O)CN(C)C(C)C(=O)Nc1ccc(OCC)cc1. The third-order valence-corrected chi connectivity index (χ3v) is 3.16. The van der Waals surface area contributed by atoms with Gasteiger partial charge in [-0.25, -0.2) is 0 Å². The molecule has 22 heavy (non-hydrogen) atoms. The van der Waals surface area contributed by atoms with Crippen molar-refractivity contribution >= 4 is 17.6 Å². The van der Waals surface area contributed by atoms with Gasteiger partial charge < -0.3 is 14.8 Å². The maximum absolute atomic E-state index is 12.2. The highest BCUT2D eigenvalue weighted by atomic mass is 16.5. The highest BCUT2D eigenvalue weighted by Gasteiger charge is 2.20. The number of anilines is 1. The van der Waals surface area contributed by atoms with Crippen molar-refractivity contribution in [3.05, 3.63) is 24.3 Å². The smallest absolute Gasteiger partial charge is 0.320 e. The van der Waals surface area contributed by atoms with Crippen LogP contribution in [0.4, 0.5) is 5.69 Å². The summed E-state index contributed by atoms with van der Waals surface area (Å²) in [4.78, 5) is 25.2. The van der Waals surface area contributed by atoms with Crippen molar-refractivity contribution in [2.75, 3.05) is 32.1 Å². The number of rotatable bonds is 8. The van der Waals surface area contributed by atoms with E-state index in [0.29, 0.717) is 18.9 Å². The quantitative estimate of drug-likeness (QED) is 0.743. The number of amides is 1. The minimum Gasteiger partial charge on any atom is -0.494 e. The fraction of sp³-hybridized carbons (Fsp3) is 0.500. The molecule has 0 aliphatic heterocycles. The highest BCUT2D eigenvalue weighted by Crippen LogP contribution is 2.16. The lowest BCUT2D eigenvalue weighted by molar-refractivity contribution is -0.144. The zero-order chi connectivity index (χ0) is 16.5. The summed E-state index contributed by atoms with van der Waals surface area (Å²) in [5, 5.41) is 2.81. The number of nitrogens with zero attached hydrogens (tertiary/aromatic N) is 1. The van der Waals surface area contributed by atoms with Gasteiger partial charge in [-0.1, -0.05) is 0 Å². The van der Waals surface area contributed by atoms with Crippen LogP contribution in [0.2, 0.25) is 0 Å². The van der Waals surface area contributed by atoms with Gasteiger partial charge in [-0.3, -0.25) is 14.5 Å². The first-order valence-corrected chi connectivity index (χ1v) is 7.37. The zero-order valence-corrected chi connectivity index (χ0v) is 13.6. The van der Waals surface area contributed by atoms with E-state index >= 15 is 0 Å². The summed E-state index contributed by atoms with van der Waals surface area (Å²) in [5.41, 5.74) is 0.685.